The van der Waals surface area contributed by atoms with E-state index in [4.69, 9.17) is 21.4 Å². The van der Waals surface area contributed by atoms with Crippen molar-refractivity contribution < 1.29 is 14.6 Å². The van der Waals surface area contributed by atoms with Gasteiger partial charge in [0, 0.05) is 24.7 Å². The Morgan fingerprint density at radius 2 is 2.05 bits per heavy atom. The van der Waals surface area contributed by atoms with Gasteiger partial charge in [-0.2, -0.15) is 0 Å². The SMILES string of the molecule is C[C@@H]1CN(Cc2ccc(C(=O)O)cc2Cl)C[C@H](C)O1. The molecule has 1 aliphatic rings. The van der Waals surface area contributed by atoms with Crippen LogP contribution in [0, 0.1) is 0 Å². The van der Waals surface area contributed by atoms with E-state index in [1.54, 1.807) is 12.1 Å². The standard InChI is InChI=1S/C14H18ClNO3/c1-9-6-16(7-10(2)19-9)8-12-4-3-11(14(17)18)5-13(12)15/h3-5,9-10H,6-8H2,1-2H3,(H,17,18)/t9-,10+. The molecule has 1 aromatic carbocycles. The number of benzene rings is 1. The van der Waals surface area contributed by atoms with Crippen molar-refractivity contribution in [1.82, 2.24) is 4.90 Å². The maximum absolute atomic E-state index is 10.9. The van der Waals surface area contributed by atoms with Crippen LogP contribution in [0.15, 0.2) is 18.2 Å². The molecule has 2 rings (SSSR count). The third-order valence-electron chi connectivity index (χ3n) is 3.19. The molecule has 0 unspecified atom stereocenters. The number of carbonyl (C=O) groups is 1. The topological polar surface area (TPSA) is 49.8 Å². The molecule has 1 saturated heterocycles. The van der Waals surface area contributed by atoms with Crippen LogP contribution in [-0.2, 0) is 11.3 Å². The minimum Gasteiger partial charge on any atom is -0.478 e. The number of ether oxygens (including phenoxy) is 1. The summed E-state index contributed by atoms with van der Waals surface area (Å²) in [6.07, 6.45) is 0.418. The number of morpholine rings is 1. The van der Waals surface area contributed by atoms with Gasteiger partial charge in [-0.05, 0) is 31.5 Å². The van der Waals surface area contributed by atoms with Gasteiger partial charge in [-0.1, -0.05) is 17.7 Å². The summed E-state index contributed by atoms with van der Waals surface area (Å²) in [5, 5.41) is 9.41. The van der Waals surface area contributed by atoms with Crippen LogP contribution in [0.25, 0.3) is 0 Å². The molecule has 1 aromatic rings. The Morgan fingerprint density at radius 3 is 2.58 bits per heavy atom. The van der Waals surface area contributed by atoms with Gasteiger partial charge >= 0.3 is 5.97 Å². The van der Waals surface area contributed by atoms with E-state index in [2.05, 4.69) is 18.7 Å². The van der Waals surface area contributed by atoms with Crippen molar-refractivity contribution in [3.8, 4) is 0 Å². The van der Waals surface area contributed by atoms with Gasteiger partial charge in [0.1, 0.15) is 0 Å². The Morgan fingerprint density at radius 1 is 1.42 bits per heavy atom. The molecule has 1 N–H and O–H groups in total. The first-order valence-corrected chi connectivity index (χ1v) is 6.73. The van der Waals surface area contributed by atoms with Crippen LogP contribution >= 0.6 is 11.6 Å². The van der Waals surface area contributed by atoms with Gasteiger partial charge in [-0.3, -0.25) is 4.90 Å². The zero-order valence-corrected chi connectivity index (χ0v) is 11.9. The van der Waals surface area contributed by atoms with Gasteiger partial charge in [0.05, 0.1) is 17.8 Å². The average molecular weight is 284 g/mol. The van der Waals surface area contributed by atoms with E-state index in [9.17, 15) is 4.79 Å². The molecule has 0 bridgehead atoms. The first-order chi connectivity index (χ1) is 8.95. The summed E-state index contributed by atoms with van der Waals surface area (Å²) in [5.41, 5.74) is 1.17. The number of halogens is 1. The van der Waals surface area contributed by atoms with Crippen molar-refractivity contribution in [3.05, 3.63) is 34.3 Å². The highest BCUT2D eigenvalue weighted by molar-refractivity contribution is 6.31. The summed E-state index contributed by atoms with van der Waals surface area (Å²) in [5.74, 6) is -0.956. The highest BCUT2D eigenvalue weighted by Gasteiger charge is 2.22. The third kappa shape index (κ3) is 3.69. The fraction of sp³-hybridized carbons (Fsp3) is 0.500. The predicted octanol–water partition coefficient (Wildman–Crippen LogP) is 2.65. The molecular weight excluding hydrogens is 266 g/mol. The van der Waals surface area contributed by atoms with Crippen LogP contribution in [0.5, 0.6) is 0 Å². The molecule has 1 aliphatic heterocycles. The van der Waals surface area contributed by atoms with Crippen LogP contribution in [0.1, 0.15) is 29.8 Å². The predicted molar refractivity (Wildman–Crippen MR) is 73.7 cm³/mol. The van der Waals surface area contributed by atoms with Crippen molar-refractivity contribution in [2.75, 3.05) is 13.1 Å². The smallest absolute Gasteiger partial charge is 0.335 e. The number of rotatable bonds is 3. The molecule has 2 atom stereocenters. The van der Waals surface area contributed by atoms with E-state index in [1.165, 1.54) is 6.07 Å². The lowest BCUT2D eigenvalue weighted by Crippen LogP contribution is -2.44. The zero-order valence-electron chi connectivity index (χ0n) is 11.1. The van der Waals surface area contributed by atoms with E-state index in [0.717, 1.165) is 25.2 Å². The van der Waals surface area contributed by atoms with Crippen LogP contribution in [-0.4, -0.2) is 41.3 Å². The summed E-state index contributed by atoms with van der Waals surface area (Å²) in [6, 6.07) is 4.89. The van der Waals surface area contributed by atoms with Crippen molar-refractivity contribution >= 4 is 17.6 Å². The molecule has 0 saturated carbocycles. The molecule has 1 heterocycles. The minimum absolute atomic E-state index is 0.209. The molecule has 19 heavy (non-hydrogen) atoms. The Balaban J connectivity index is 2.08. The van der Waals surface area contributed by atoms with Gasteiger partial charge in [-0.25, -0.2) is 4.79 Å². The van der Waals surface area contributed by atoms with E-state index < -0.39 is 5.97 Å². The Bertz CT molecular complexity index is 468. The molecule has 0 aromatic heterocycles. The minimum atomic E-state index is -0.956. The van der Waals surface area contributed by atoms with Crippen LogP contribution < -0.4 is 0 Å². The van der Waals surface area contributed by atoms with Gasteiger partial charge in [0.25, 0.3) is 0 Å². The lowest BCUT2D eigenvalue weighted by Gasteiger charge is -2.35. The van der Waals surface area contributed by atoms with Gasteiger partial charge in [0.15, 0.2) is 0 Å². The second kappa shape index (κ2) is 5.90. The fourth-order valence-electron chi connectivity index (χ4n) is 2.46. The number of nitrogens with zero attached hydrogens (tertiary/aromatic N) is 1. The van der Waals surface area contributed by atoms with Gasteiger partial charge in [-0.15, -0.1) is 0 Å². The zero-order chi connectivity index (χ0) is 14.0. The fourth-order valence-corrected chi connectivity index (χ4v) is 2.70. The number of hydrogen-bond acceptors (Lipinski definition) is 3. The van der Waals surface area contributed by atoms with Gasteiger partial charge in [0.2, 0.25) is 0 Å². The Kier molecular flexibility index (Phi) is 4.45. The number of carboxylic acids is 1. The molecule has 104 valence electrons. The van der Waals surface area contributed by atoms with Crippen molar-refractivity contribution in [3.63, 3.8) is 0 Å². The lowest BCUT2D eigenvalue weighted by atomic mass is 10.1. The highest BCUT2D eigenvalue weighted by Crippen LogP contribution is 2.21. The highest BCUT2D eigenvalue weighted by atomic mass is 35.5. The number of hydrogen-bond donors (Lipinski definition) is 1. The molecule has 5 heteroatoms. The maximum Gasteiger partial charge on any atom is 0.335 e. The summed E-state index contributed by atoms with van der Waals surface area (Å²) in [6.45, 7) is 6.55. The molecule has 4 nitrogen and oxygen atoms in total. The number of carboxylic acid groups (broad SMARTS) is 1. The Hall–Kier alpha value is -1.10. The lowest BCUT2D eigenvalue weighted by molar-refractivity contribution is -0.0704. The summed E-state index contributed by atoms with van der Waals surface area (Å²) >= 11 is 6.14. The third-order valence-corrected chi connectivity index (χ3v) is 3.54. The van der Waals surface area contributed by atoms with E-state index in [-0.39, 0.29) is 17.8 Å². The molecule has 1 fully saturated rings. The number of aromatic carboxylic acids is 1. The van der Waals surface area contributed by atoms with E-state index in [0.29, 0.717) is 5.02 Å². The van der Waals surface area contributed by atoms with Crippen molar-refractivity contribution in [2.45, 2.75) is 32.6 Å². The molecular formula is C14H18ClNO3. The van der Waals surface area contributed by atoms with Crippen LogP contribution in [0.2, 0.25) is 5.02 Å². The summed E-state index contributed by atoms with van der Waals surface area (Å²) < 4.78 is 5.68. The maximum atomic E-state index is 10.9. The summed E-state index contributed by atoms with van der Waals surface area (Å²) in [4.78, 5) is 13.1. The quantitative estimate of drug-likeness (QED) is 0.926. The molecule has 0 radical (unpaired) electrons. The first-order valence-electron chi connectivity index (χ1n) is 6.35. The molecule has 0 aliphatic carbocycles. The van der Waals surface area contributed by atoms with E-state index >= 15 is 0 Å². The largest absolute Gasteiger partial charge is 0.478 e. The normalized spacial score (nSPS) is 24.4. The average Bonchev–Trinajstić information content (AvgIpc) is 2.30. The van der Waals surface area contributed by atoms with Crippen molar-refractivity contribution in [2.24, 2.45) is 0 Å². The van der Waals surface area contributed by atoms with E-state index in [1.807, 2.05) is 0 Å². The first kappa shape index (κ1) is 14.3. The van der Waals surface area contributed by atoms with Crippen LogP contribution in [0.3, 0.4) is 0 Å². The Labute approximate surface area is 117 Å². The van der Waals surface area contributed by atoms with Crippen molar-refractivity contribution in [1.29, 1.82) is 0 Å². The second-order valence-electron chi connectivity index (χ2n) is 5.06. The second-order valence-corrected chi connectivity index (χ2v) is 5.47. The van der Waals surface area contributed by atoms with Crippen LogP contribution in [0.4, 0.5) is 0 Å². The van der Waals surface area contributed by atoms with Gasteiger partial charge < -0.3 is 9.84 Å². The molecule has 0 spiro atoms. The molecule has 0 amide bonds. The monoisotopic (exact) mass is 283 g/mol. The summed E-state index contributed by atoms with van der Waals surface area (Å²) in [7, 11) is 0.